The van der Waals surface area contributed by atoms with Crippen LogP contribution in [0, 0.1) is 6.92 Å². The molecule has 1 fully saturated rings. The van der Waals surface area contributed by atoms with Crippen LogP contribution in [-0.2, 0) is 11.2 Å². The minimum Gasteiger partial charge on any atom is -0.340 e. The van der Waals surface area contributed by atoms with E-state index < -0.39 is 0 Å². The number of carbonyl (C=O) groups excluding carboxylic acids is 1. The van der Waals surface area contributed by atoms with Gasteiger partial charge in [0.25, 0.3) is 0 Å². The molecule has 23 heavy (non-hydrogen) atoms. The minimum atomic E-state index is 0.0276. The van der Waals surface area contributed by atoms with Gasteiger partial charge in [-0.2, -0.15) is 0 Å². The molecule has 0 bridgehead atoms. The summed E-state index contributed by atoms with van der Waals surface area (Å²) in [5.41, 5.74) is 10.0. The largest absolute Gasteiger partial charge is 0.340 e. The topological polar surface area (TPSA) is 46.3 Å². The summed E-state index contributed by atoms with van der Waals surface area (Å²) in [4.78, 5) is 14.5. The van der Waals surface area contributed by atoms with Crippen LogP contribution in [0.3, 0.4) is 0 Å². The van der Waals surface area contributed by atoms with E-state index in [4.69, 9.17) is 5.73 Å². The van der Waals surface area contributed by atoms with E-state index in [1.807, 2.05) is 35.2 Å². The molecule has 2 atom stereocenters. The highest BCUT2D eigenvalue weighted by molar-refractivity contribution is 5.77. The van der Waals surface area contributed by atoms with Gasteiger partial charge in [0.1, 0.15) is 0 Å². The average Bonchev–Trinajstić information content (AvgIpc) is 2.96. The first-order valence-electron chi connectivity index (χ1n) is 8.28. The maximum absolute atomic E-state index is 12.5. The van der Waals surface area contributed by atoms with E-state index >= 15 is 0 Å². The zero-order valence-electron chi connectivity index (χ0n) is 13.6. The zero-order chi connectivity index (χ0) is 16.2. The van der Waals surface area contributed by atoms with Crippen molar-refractivity contribution in [1.82, 2.24) is 4.90 Å². The van der Waals surface area contributed by atoms with Crippen LogP contribution < -0.4 is 5.73 Å². The Morgan fingerprint density at radius 3 is 2.52 bits per heavy atom. The maximum atomic E-state index is 12.5. The Morgan fingerprint density at radius 2 is 1.78 bits per heavy atom. The second-order valence-corrected chi connectivity index (χ2v) is 6.41. The SMILES string of the molecule is Cc1ccccc1CCC(=O)N1C[C@@H](N)[C@H](c2ccccc2)C1. The van der Waals surface area contributed by atoms with Crippen molar-refractivity contribution in [2.24, 2.45) is 5.73 Å². The Labute approximate surface area is 138 Å². The van der Waals surface area contributed by atoms with Crippen molar-refractivity contribution in [3.8, 4) is 0 Å². The summed E-state index contributed by atoms with van der Waals surface area (Å²) in [6, 6.07) is 18.6. The summed E-state index contributed by atoms with van der Waals surface area (Å²) in [7, 11) is 0. The molecule has 1 amide bonds. The molecule has 1 aliphatic heterocycles. The smallest absolute Gasteiger partial charge is 0.222 e. The summed E-state index contributed by atoms with van der Waals surface area (Å²) in [6.45, 7) is 3.49. The maximum Gasteiger partial charge on any atom is 0.222 e. The third-order valence-electron chi connectivity index (χ3n) is 4.82. The molecule has 0 spiro atoms. The summed E-state index contributed by atoms with van der Waals surface area (Å²) >= 11 is 0. The predicted molar refractivity (Wildman–Crippen MR) is 93.2 cm³/mol. The molecule has 120 valence electrons. The van der Waals surface area contributed by atoms with Gasteiger partial charge in [0.05, 0.1) is 0 Å². The first-order valence-corrected chi connectivity index (χ1v) is 8.28. The van der Waals surface area contributed by atoms with Crippen molar-refractivity contribution in [3.05, 3.63) is 71.3 Å². The molecule has 1 aliphatic rings. The van der Waals surface area contributed by atoms with Crippen LogP contribution >= 0.6 is 0 Å². The monoisotopic (exact) mass is 308 g/mol. The second kappa shape index (κ2) is 6.97. The fraction of sp³-hybridized carbons (Fsp3) is 0.350. The number of nitrogens with two attached hydrogens (primary N) is 1. The Morgan fingerprint density at radius 1 is 1.09 bits per heavy atom. The number of carbonyl (C=O) groups is 1. The molecule has 0 aliphatic carbocycles. The molecule has 1 heterocycles. The van der Waals surface area contributed by atoms with Crippen molar-refractivity contribution in [2.75, 3.05) is 13.1 Å². The highest BCUT2D eigenvalue weighted by Gasteiger charge is 2.33. The standard InChI is InChI=1S/C20H24N2O/c1-15-7-5-6-8-16(15)11-12-20(23)22-13-18(19(21)14-22)17-9-3-2-4-10-17/h2-10,18-19H,11-14,21H2,1H3/t18-,19+/m0/s1. The number of hydrogen-bond acceptors (Lipinski definition) is 2. The molecule has 0 aromatic heterocycles. The van der Waals surface area contributed by atoms with Crippen LogP contribution in [0.1, 0.15) is 29.0 Å². The highest BCUT2D eigenvalue weighted by atomic mass is 16.2. The number of benzene rings is 2. The lowest BCUT2D eigenvalue weighted by atomic mass is 9.95. The van der Waals surface area contributed by atoms with E-state index in [0.29, 0.717) is 13.0 Å². The van der Waals surface area contributed by atoms with Crippen LogP contribution in [0.25, 0.3) is 0 Å². The van der Waals surface area contributed by atoms with Crippen molar-refractivity contribution in [2.45, 2.75) is 31.7 Å². The Balaban J connectivity index is 1.60. The van der Waals surface area contributed by atoms with Crippen LogP contribution in [-0.4, -0.2) is 29.9 Å². The lowest BCUT2D eigenvalue weighted by Gasteiger charge is -2.17. The Bertz CT molecular complexity index is 668. The molecule has 2 aromatic carbocycles. The third kappa shape index (κ3) is 3.62. The van der Waals surface area contributed by atoms with Gasteiger partial charge in [0.2, 0.25) is 5.91 Å². The molecule has 3 heteroatoms. The van der Waals surface area contributed by atoms with Gasteiger partial charge in [-0.25, -0.2) is 0 Å². The summed E-state index contributed by atoms with van der Waals surface area (Å²) in [5, 5.41) is 0. The molecular formula is C20H24N2O. The van der Waals surface area contributed by atoms with Crippen LogP contribution in [0.5, 0.6) is 0 Å². The van der Waals surface area contributed by atoms with E-state index in [-0.39, 0.29) is 17.9 Å². The molecule has 0 radical (unpaired) electrons. The number of likely N-dealkylation sites (tertiary alicyclic amines) is 1. The zero-order valence-corrected chi connectivity index (χ0v) is 13.6. The summed E-state index contributed by atoms with van der Waals surface area (Å²) < 4.78 is 0. The summed E-state index contributed by atoms with van der Waals surface area (Å²) in [6.07, 6.45) is 1.35. The average molecular weight is 308 g/mol. The van der Waals surface area contributed by atoms with E-state index in [1.54, 1.807) is 0 Å². The van der Waals surface area contributed by atoms with Crippen molar-refractivity contribution < 1.29 is 4.79 Å². The molecule has 0 unspecified atom stereocenters. The molecule has 2 aromatic rings. The minimum absolute atomic E-state index is 0.0276. The van der Waals surface area contributed by atoms with Gasteiger partial charge in [-0.05, 0) is 30.0 Å². The molecule has 2 N–H and O–H groups in total. The lowest BCUT2D eigenvalue weighted by molar-refractivity contribution is -0.130. The molecule has 1 saturated heterocycles. The molecular weight excluding hydrogens is 284 g/mol. The number of hydrogen-bond donors (Lipinski definition) is 1. The second-order valence-electron chi connectivity index (χ2n) is 6.41. The predicted octanol–water partition coefficient (Wildman–Crippen LogP) is 2.88. The van der Waals surface area contributed by atoms with E-state index in [0.717, 1.165) is 13.0 Å². The number of amides is 1. The highest BCUT2D eigenvalue weighted by Crippen LogP contribution is 2.27. The number of rotatable bonds is 4. The molecule has 3 rings (SSSR count). The Hall–Kier alpha value is -2.13. The number of aryl methyl sites for hydroxylation is 2. The van der Waals surface area contributed by atoms with Gasteiger partial charge in [-0.15, -0.1) is 0 Å². The first kappa shape index (κ1) is 15.8. The van der Waals surface area contributed by atoms with Gasteiger partial charge in [-0.1, -0.05) is 54.6 Å². The van der Waals surface area contributed by atoms with Crippen molar-refractivity contribution >= 4 is 5.91 Å². The van der Waals surface area contributed by atoms with E-state index in [2.05, 4.69) is 31.2 Å². The van der Waals surface area contributed by atoms with Crippen LogP contribution in [0.15, 0.2) is 54.6 Å². The quantitative estimate of drug-likeness (QED) is 0.944. The third-order valence-corrected chi connectivity index (χ3v) is 4.82. The lowest BCUT2D eigenvalue weighted by Crippen LogP contribution is -2.32. The first-order chi connectivity index (χ1) is 11.1. The van der Waals surface area contributed by atoms with Crippen molar-refractivity contribution in [1.29, 1.82) is 0 Å². The Kier molecular flexibility index (Phi) is 4.77. The molecule has 3 nitrogen and oxygen atoms in total. The van der Waals surface area contributed by atoms with Gasteiger partial charge in [-0.3, -0.25) is 4.79 Å². The van der Waals surface area contributed by atoms with E-state index in [1.165, 1.54) is 16.7 Å². The van der Waals surface area contributed by atoms with Gasteiger partial charge < -0.3 is 10.6 Å². The van der Waals surface area contributed by atoms with Gasteiger partial charge in [0.15, 0.2) is 0 Å². The van der Waals surface area contributed by atoms with Crippen LogP contribution in [0.2, 0.25) is 0 Å². The molecule has 0 saturated carbocycles. The van der Waals surface area contributed by atoms with E-state index in [9.17, 15) is 4.79 Å². The summed E-state index contributed by atoms with van der Waals surface area (Å²) in [5.74, 6) is 0.459. The number of nitrogens with zero attached hydrogens (tertiary/aromatic N) is 1. The van der Waals surface area contributed by atoms with Crippen LogP contribution in [0.4, 0.5) is 0 Å². The normalized spacial score (nSPS) is 20.7. The van der Waals surface area contributed by atoms with Gasteiger partial charge in [0, 0.05) is 31.5 Å². The van der Waals surface area contributed by atoms with Gasteiger partial charge >= 0.3 is 0 Å². The van der Waals surface area contributed by atoms with Crippen molar-refractivity contribution in [3.63, 3.8) is 0 Å². The fourth-order valence-electron chi connectivity index (χ4n) is 3.38. The fourth-order valence-corrected chi connectivity index (χ4v) is 3.38.